The van der Waals surface area contributed by atoms with E-state index >= 15 is 0 Å². The second-order valence-corrected chi connectivity index (χ2v) is 8.74. The van der Waals surface area contributed by atoms with E-state index in [4.69, 9.17) is 14.2 Å². The Kier molecular flexibility index (Phi) is 5.96. The molecule has 0 N–H and O–H groups in total. The van der Waals surface area contributed by atoms with Gasteiger partial charge in [-0.05, 0) is 33.8 Å². The van der Waals surface area contributed by atoms with E-state index in [0.717, 1.165) is 18.2 Å². The number of nitrogens with zero attached hydrogens (tertiary/aromatic N) is 2. The molecule has 0 saturated carbocycles. The van der Waals surface area contributed by atoms with Crippen LogP contribution in [0.5, 0.6) is 0 Å². The Morgan fingerprint density at radius 2 is 2.00 bits per heavy atom. The summed E-state index contributed by atoms with van der Waals surface area (Å²) in [5, 5.41) is 11.2. The molecule has 1 aromatic rings. The number of alkyl halides is 3. The molecule has 0 spiro atoms. The maximum absolute atomic E-state index is 14.9. The van der Waals surface area contributed by atoms with Crippen LogP contribution in [0.3, 0.4) is 0 Å². The zero-order chi connectivity index (χ0) is 24.1. The van der Waals surface area contributed by atoms with Crippen LogP contribution in [0.2, 0.25) is 0 Å². The molecule has 1 fully saturated rings. The molecule has 1 aromatic carbocycles. The molecule has 0 radical (unpaired) electrons. The number of nitro groups is 1. The van der Waals surface area contributed by atoms with Crippen LogP contribution in [0, 0.1) is 21.8 Å². The number of esters is 1. The molecule has 32 heavy (non-hydrogen) atoms. The first-order valence-electron chi connectivity index (χ1n) is 9.74. The second kappa shape index (κ2) is 7.98. The number of rotatable bonds is 4. The highest BCUT2D eigenvalue weighted by Gasteiger charge is 2.64. The van der Waals surface area contributed by atoms with Crippen LogP contribution in [0.15, 0.2) is 23.2 Å². The van der Waals surface area contributed by atoms with Gasteiger partial charge in [0.15, 0.2) is 5.90 Å². The highest BCUT2D eigenvalue weighted by atomic mass is 19.4. The molecule has 8 nitrogen and oxygen atoms in total. The molecule has 2 aliphatic rings. The lowest BCUT2D eigenvalue weighted by molar-refractivity contribution is -0.385. The van der Waals surface area contributed by atoms with Crippen LogP contribution >= 0.6 is 0 Å². The first-order chi connectivity index (χ1) is 14.6. The van der Waals surface area contributed by atoms with E-state index in [9.17, 15) is 32.5 Å². The largest absolute Gasteiger partial charge is 0.467 e. The third-order valence-corrected chi connectivity index (χ3v) is 5.20. The smallest absolute Gasteiger partial charge is 0.425 e. The maximum atomic E-state index is 14.9. The number of carbonyl (C=O) groups excluding carboxylic acids is 1. The van der Waals surface area contributed by atoms with Crippen molar-refractivity contribution in [2.45, 2.75) is 63.6 Å². The summed E-state index contributed by atoms with van der Waals surface area (Å²) in [6.45, 7) is 5.61. The first kappa shape index (κ1) is 23.9. The Morgan fingerprint density at radius 3 is 2.56 bits per heavy atom. The van der Waals surface area contributed by atoms with Crippen LogP contribution in [0.4, 0.5) is 23.2 Å². The molecule has 0 unspecified atom stereocenters. The van der Waals surface area contributed by atoms with Gasteiger partial charge in [-0.1, -0.05) is 0 Å². The van der Waals surface area contributed by atoms with Gasteiger partial charge in [0.2, 0.25) is 6.10 Å². The van der Waals surface area contributed by atoms with Crippen molar-refractivity contribution in [3.63, 3.8) is 0 Å². The number of halogens is 4. The fourth-order valence-corrected chi connectivity index (χ4v) is 4.05. The summed E-state index contributed by atoms with van der Waals surface area (Å²) in [5.74, 6) is -4.03. The lowest BCUT2D eigenvalue weighted by atomic mass is 9.74. The predicted octanol–water partition coefficient (Wildman–Crippen LogP) is 4.06. The number of nitro benzene ring substituents is 1. The molecule has 0 amide bonds. The minimum absolute atomic E-state index is 0.430. The molecular formula is C20H22F4N2O6. The highest BCUT2D eigenvalue weighted by molar-refractivity contribution is 5.95. The SMILES string of the molecule is C[C@H]1OC[C@]2(c3cc([N+](=O)[O-])ccc3F)N=C(CC(=O)OC(C)(C)C)O[C@H](C(F)(F)F)[C@H]12. The molecular weight excluding hydrogens is 440 g/mol. The minimum atomic E-state index is -4.91. The van der Waals surface area contributed by atoms with Crippen molar-refractivity contribution in [2.24, 2.45) is 10.9 Å². The molecule has 0 aliphatic carbocycles. The minimum Gasteiger partial charge on any atom is -0.467 e. The number of ether oxygens (including phenoxy) is 3. The Hall–Kier alpha value is -2.76. The van der Waals surface area contributed by atoms with E-state index in [1.807, 2.05) is 0 Å². The summed E-state index contributed by atoms with van der Waals surface area (Å²) in [6.07, 6.45) is -9.19. The standard InChI is InChI=1S/C20H22F4N2O6/c1-10-16-17(20(22,23)24)31-14(8-15(27)32-18(2,3)4)25-19(16,9-30-10)12-7-11(26(28)29)5-6-13(12)21/h5-7,10,16-17H,8-9H2,1-4H3/t10-,16+,17+,19-/m1/s1. The molecule has 0 aromatic heterocycles. The molecule has 2 heterocycles. The number of aliphatic imine (C=N–C) groups is 1. The van der Waals surface area contributed by atoms with Gasteiger partial charge in [0, 0.05) is 17.7 Å². The fourth-order valence-electron chi connectivity index (χ4n) is 4.05. The van der Waals surface area contributed by atoms with Gasteiger partial charge >= 0.3 is 12.1 Å². The Morgan fingerprint density at radius 1 is 1.34 bits per heavy atom. The molecule has 12 heteroatoms. The molecule has 176 valence electrons. The van der Waals surface area contributed by atoms with Crippen molar-refractivity contribution in [1.29, 1.82) is 0 Å². The normalized spacial score (nSPS) is 27.9. The van der Waals surface area contributed by atoms with Crippen LogP contribution in [0.1, 0.15) is 39.7 Å². The molecule has 4 atom stereocenters. The number of hydrogen-bond donors (Lipinski definition) is 0. The number of non-ortho nitro benzene ring substituents is 1. The van der Waals surface area contributed by atoms with Gasteiger partial charge in [0.25, 0.3) is 5.69 Å². The fraction of sp³-hybridized carbons (Fsp3) is 0.600. The van der Waals surface area contributed by atoms with Gasteiger partial charge in [-0.2, -0.15) is 13.2 Å². The maximum Gasteiger partial charge on any atom is 0.425 e. The second-order valence-electron chi connectivity index (χ2n) is 8.74. The van der Waals surface area contributed by atoms with Gasteiger partial charge in [-0.25, -0.2) is 9.38 Å². The zero-order valence-corrected chi connectivity index (χ0v) is 17.7. The zero-order valence-electron chi connectivity index (χ0n) is 17.7. The van der Waals surface area contributed by atoms with Crippen molar-refractivity contribution < 1.29 is 41.5 Å². The highest BCUT2D eigenvalue weighted by Crippen LogP contribution is 2.52. The van der Waals surface area contributed by atoms with E-state index in [-0.39, 0.29) is 0 Å². The summed E-state index contributed by atoms with van der Waals surface area (Å²) in [5.41, 5.74) is -3.84. The van der Waals surface area contributed by atoms with Gasteiger partial charge in [-0.3, -0.25) is 14.9 Å². The van der Waals surface area contributed by atoms with Gasteiger partial charge < -0.3 is 14.2 Å². The van der Waals surface area contributed by atoms with Crippen LogP contribution in [-0.2, 0) is 24.5 Å². The average Bonchev–Trinajstić information content (AvgIpc) is 2.96. The Bertz CT molecular complexity index is 958. The molecule has 0 bridgehead atoms. The van der Waals surface area contributed by atoms with Gasteiger partial charge in [0.05, 0.1) is 23.6 Å². The summed E-state index contributed by atoms with van der Waals surface area (Å²) in [6, 6.07) is 2.54. The van der Waals surface area contributed by atoms with Gasteiger partial charge in [-0.15, -0.1) is 0 Å². The lowest BCUT2D eigenvalue weighted by Crippen LogP contribution is -2.54. The number of carbonyl (C=O) groups is 1. The Balaban J connectivity index is 2.16. The van der Waals surface area contributed by atoms with E-state index < -0.39 is 82.3 Å². The van der Waals surface area contributed by atoms with E-state index in [1.165, 1.54) is 6.92 Å². The third kappa shape index (κ3) is 4.54. The monoisotopic (exact) mass is 462 g/mol. The van der Waals surface area contributed by atoms with Crippen molar-refractivity contribution in [3.05, 3.63) is 39.7 Å². The molecule has 2 aliphatic heterocycles. The quantitative estimate of drug-likeness (QED) is 0.290. The summed E-state index contributed by atoms with van der Waals surface area (Å²) in [4.78, 5) is 26.9. The average molecular weight is 462 g/mol. The van der Waals surface area contributed by atoms with Gasteiger partial charge in [0.1, 0.15) is 23.4 Å². The lowest BCUT2D eigenvalue weighted by Gasteiger charge is -2.42. The molecule has 1 saturated heterocycles. The van der Waals surface area contributed by atoms with Crippen LogP contribution in [0.25, 0.3) is 0 Å². The molecule has 3 rings (SSSR count). The van der Waals surface area contributed by atoms with E-state index in [0.29, 0.717) is 0 Å². The number of benzene rings is 1. The summed E-state index contributed by atoms with van der Waals surface area (Å²) >= 11 is 0. The van der Waals surface area contributed by atoms with Crippen LogP contribution < -0.4 is 0 Å². The van der Waals surface area contributed by atoms with Crippen molar-refractivity contribution >= 4 is 17.6 Å². The van der Waals surface area contributed by atoms with E-state index in [2.05, 4.69) is 4.99 Å². The predicted molar refractivity (Wildman–Crippen MR) is 102 cm³/mol. The number of hydrogen-bond acceptors (Lipinski definition) is 7. The third-order valence-electron chi connectivity index (χ3n) is 5.20. The van der Waals surface area contributed by atoms with E-state index in [1.54, 1.807) is 20.8 Å². The summed E-state index contributed by atoms with van der Waals surface area (Å²) < 4.78 is 72.4. The Labute approximate surface area is 180 Å². The van der Waals surface area contributed by atoms with Crippen molar-refractivity contribution in [1.82, 2.24) is 0 Å². The van der Waals surface area contributed by atoms with Crippen molar-refractivity contribution in [3.8, 4) is 0 Å². The topological polar surface area (TPSA) is 100 Å². The van der Waals surface area contributed by atoms with Crippen LogP contribution in [-0.4, -0.2) is 47.4 Å². The van der Waals surface area contributed by atoms with Crippen molar-refractivity contribution in [2.75, 3.05) is 6.61 Å². The number of fused-ring (bicyclic) bond motifs is 1. The first-order valence-corrected chi connectivity index (χ1v) is 9.74. The summed E-state index contributed by atoms with van der Waals surface area (Å²) in [7, 11) is 0.